The minimum absolute atomic E-state index is 0.167. The standard InChI is InChI=1S/C13H18FNO2/c1-10(16)5-7-15-8-6-11-9-12(14)3-4-13(11)17-2/h3-4,9,15H,5-8H2,1-2H3. The Labute approximate surface area is 101 Å². The molecule has 4 heteroatoms. The van der Waals surface area contributed by atoms with Crippen molar-refractivity contribution in [2.75, 3.05) is 20.2 Å². The summed E-state index contributed by atoms with van der Waals surface area (Å²) in [5.41, 5.74) is 0.836. The SMILES string of the molecule is COc1ccc(F)cc1CCNCCC(C)=O. The van der Waals surface area contributed by atoms with Gasteiger partial charge in [-0.25, -0.2) is 4.39 Å². The highest BCUT2D eigenvalue weighted by Crippen LogP contribution is 2.19. The topological polar surface area (TPSA) is 38.3 Å². The maximum atomic E-state index is 13.0. The smallest absolute Gasteiger partial charge is 0.131 e. The van der Waals surface area contributed by atoms with E-state index in [0.29, 0.717) is 31.7 Å². The van der Waals surface area contributed by atoms with Gasteiger partial charge in [0.25, 0.3) is 0 Å². The number of halogens is 1. The first kappa shape index (κ1) is 13.6. The monoisotopic (exact) mass is 239 g/mol. The molecule has 94 valence electrons. The fourth-order valence-corrected chi connectivity index (χ4v) is 1.56. The normalized spacial score (nSPS) is 10.3. The molecule has 0 aromatic heterocycles. The summed E-state index contributed by atoms with van der Waals surface area (Å²) in [6, 6.07) is 4.48. The third-order valence-electron chi connectivity index (χ3n) is 2.47. The lowest BCUT2D eigenvalue weighted by Crippen LogP contribution is -2.20. The number of carbonyl (C=O) groups excluding carboxylic acids is 1. The summed E-state index contributed by atoms with van der Waals surface area (Å²) in [5, 5.41) is 3.14. The van der Waals surface area contributed by atoms with Crippen LogP contribution in [0, 0.1) is 5.82 Å². The molecule has 0 heterocycles. The maximum absolute atomic E-state index is 13.0. The predicted molar refractivity (Wildman–Crippen MR) is 64.8 cm³/mol. The molecule has 17 heavy (non-hydrogen) atoms. The van der Waals surface area contributed by atoms with Crippen molar-refractivity contribution < 1.29 is 13.9 Å². The Kier molecular flexibility index (Phi) is 5.63. The lowest BCUT2D eigenvalue weighted by atomic mass is 10.1. The second-order valence-electron chi connectivity index (χ2n) is 3.91. The molecule has 0 aliphatic rings. The van der Waals surface area contributed by atoms with Crippen molar-refractivity contribution in [3.05, 3.63) is 29.6 Å². The van der Waals surface area contributed by atoms with Crippen molar-refractivity contribution in [2.24, 2.45) is 0 Å². The van der Waals surface area contributed by atoms with Gasteiger partial charge in [-0.2, -0.15) is 0 Å². The van der Waals surface area contributed by atoms with E-state index < -0.39 is 0 Å². The minimum Gasteiger partial charge on any atom is -0.496 e. The minimum atomic E-state index is -0.260. The van der Waals surface area contributed by atoms with Gasteiger partial charge in [-0.1, -0.05) is 0 Å². The summed E-state index contributed by atoms with van der Waals surface area (Å²) in [5.74, 6) is 0.602. The highest BCUT2D eigenvalue weighted by atomic mass is 19.1. The molecule has 1 aromatic rings. The molecular weight excluding hydrogens is 221 g/mol. The van der Waals surface area contributed by atoms with Gasteiger partial charge in [0.05, 0.1) is 7.11 Å². The van der Waals surface area contributed by atoms with E-state index in [1.54, 1.807) is 20.1 Å². The van der Waals surface area contributed by atoms with Crippen molar-refractivity contribution in [1.29, 1.82) is 0 Å². The lowest BCUT2D eigenvalue weighted by Gasteiger charge is -2.09. The molecule has 0 saturated heterocycles. The Morgan fingerprint density at radius 3 is 2.82 bits per heavy atom. The first-order valence-corrected chi connectivity index (χ1v) is 5.66. The van der Waals surface area contributed by atoms with E-state index in [9.17, 15) is 9.18 Å². The molecule has 1 N–H and O–H groups in total. The molecular formula is C13H18FNO2. The fraction of sp³-hybridized carbons (Fsp3) is 0.462. The largest absolute Gasteiger partial charge is 0.496 e. The van der Waals surface area contributed by atoms with Gasteiger partial charge < -0.3 is 10.1 Å². The molecule has 0 saturated carbocycles. The van der Waals surface area contributed by atoms with Crippen LogP contribution in [-0.4, -0.2) is 26.0 Å². The zero-order valence-corrected chi connectivity index (χ0v) is 10.3. The number of benzene rings is 1. The maximum Gasteiger partial charge on any atom is 0.131 e. The van der Waals surface area contributed by atoms with Crippen molar-refractivity contribution in [3.8, 4) is 5.75 Å². The third-order valence-corrected chi connectivity index (χ3v) is 2.47. The first-order chi connectivity index (χ1) is 8.13. The Hall–Kier alpha value is -1.42. The van der Waals surface area contributed by atoms with Gasteiger partial charge >= 0.3 is 0 Å². The Bertz CT molecular complexity index is 380. The second-order valence-corrected chi connectivity index (χ2v) is 3.91. The van der Waals surface area contributed by atoms with E-state index >= 15 is 0 Å². The Balaban J connectivity index is 2.40. The average Bonchev–Trinajstić information content (AvgIpc) is 2.28. The van der Waals surface area contributed by atoms with Gasteiger partial charge in [-0.15, -0.1) is 0 Å². The van der Waals surface area contributed by atoms with Crippen LogP contribution in [0.5, 0.6) is 5.75 Å². The number of carbonyl (C=O) groups is 1. The Morgan fingerprint density at radius 1 is 1.41 bits per heavy atom. The molecule has 1 rings (SSSR count). The Morgan fingerprint density at radius 2 is 2.18 bits per heavy atom. The van der Waals surface area contributed by atoms with E-state index in [2.05, 4.69) is 5.32 Å². The molecule has 0 fully saturated rings. The number of nitrogens with one attached hydrogen (secondary N) is 1. The van der Waals surface area contributed by atoms with Gasteiger partial charge in [0.2, 0.25) is 0 Å². The highest BCUT2D eigenvalue weighted by Gasteiger charge is 2.04. The quantitative estimate of drug-likeness (QED) is 0.739. The van der Waals surface area contributed by atoms with E-state index in [-0.39, 0.29) is 11.6 Å². The molecule has 0 aliphatic heterocycles. The van der Waals surface area contributed by atoms with E-state index in [1.165, 1.54) is 12.1 Å². The van der Waals surface area contributed by atoms with Crippen LogP contribution in [0.3, 0.4) is 0 Å². The molecule has 0 atom stereocenters. The average molecular weight is 239 g/mol. The van der Waals surface area contributed by atoms with Crippen LogP contribution in [0.1, 0.15) is 18.9 Å². The summed E-state index contributed by atoms with van der Waals surface area (Å²) in [6.07, 6.45) is 1.21. The first-order valence-electron chi connectivity index (χ1n) is 5.66. The van der Waals surface area contributed by atoms with Crippen molar-refractivity contribution in [1.82, 2.24) is 5.32 Å². The van der Waals surface area contributed by atoms with E-state index in [4.69, 9.17) is 4.74 Å². The third kappa shape index (κ3) is 4.95. The molecule has 0 bridgehead atoms. The number of methoxy groups -OCH3 is 1. The van der Waals surface area contributed by atoms with Gasteiger partial charge in [0.1, 0.15) is 17.3 Å². The molecule has 0 spiro atoms. The van der Waals surface area contributed by atoms with Crippen LogP contribution in [0.25, 0.3) is 0 Å². The molecule has 0 radical (unpaired) electrons. The summed E-state index contributed by atoms with van der Waals surface area (Å²) in [6.45, 7) is 2.93. The zero-order valence-electron chi connectivity index (χ0n) is 10.3. The van der Waals surface area contributed by atoms with Crippen LogP contribution in [0.4, 0.5) is 4.39 Å². The number of ether oxygens (including phenoxy) is 1. The highest BCUT2D eigenvalue weighted by molar-refractivity contribution is 5.75. The molecule has 0 unspecified atom stereocenters. The zero-order chi connectivity index (χ0) is 12.7. The summed E-state index contributed by atoms with van der Waals surface area (Å²) in [7, 11) is 1.57. The van der Waals surface area contributed by atoms with E-state index in [0.717, 1.165) is 5.56 Å². The number of Topliss-reactive ketones (excluding diaryl/α,β-unsaturated/α-hetero) is 1. The summed E-state index contributed by atoms with van der Waals surface area (Å²) in [4.78, 5) is 10.7. The molecule has 0 aliphatic carbocycles. The van der Waals surface area contributed by atoms with Gasteiger partial charge in [0.15, 0.2) is 0 Å². The summed E-state index contributed by atoms with van der Waals surface area (Å²) >= 11 is 0. The molecule has 1 aromatic carbocycles. The van der Waals surface area contributed by atoms with Gasteiger partial charge in [-0.3, -0.25) is 4.79 Å². The molecule has 0 amide bonds. The van der Waals surface area contributed by atoms with Crippen LogP contribution < -0.4 is 10.1 Å². The molecule has 3 nitrogen and oxygen atoms in total. The number of rotatable bonds is 7. The van der Waals surface area contributed by atoms with E-state index in [1.807, 2.05) is 0 Å². The lowest BCUT2D eigenvalue weighted by molar-refractivity contribution is -0.116. The summed E-state index contributed by atoms with van der Waals surface area (Å²) < 4.78 is 18.2. The van der Waals surface area contributed by atoms with Crippen molar-refractivity contribution in [3.63, 3.8) is 0 Å². The van der Waals surface area contributed by atoms with Gasteiger partial charge in [0, 0.05) is 13.0 Å². The second kappa shape index (κ2) is 7.01. The van der Waals surface area contributed by atoms with Crippen LogP contribution in [-0.2, 0) is 11.2 Å². The number of hydrogen-bond donors (Lipinski definition) is 1. The fourth-order valence-electron chi connectivity index (χ4n) is 1.56. The van der Waals surface area contributed by atoms with Gasteiger partial charge in [-0.05, 0) is 43.7 Å². The van der Waals surface area contributed by atoms with Crippen LogP contribution >= 0.6 is 0 Å². The predicted octanol–water partition coefficient (Wildman–Crippen LogP) is 1.95. The van der Waals surface area contributed by atoms with Crippen molar-refractivity contribution >= 4 is 5.78 Å². The number of hydrogen-bond acceptors (Lipinski definition) is 3. The van der Waals surface area contributed by atoms with Crippen LogP contribution in [0.2, 0.25) is 0 Å². The van der Waals surface area contributed by atoms with Crippen LogP contribution in [0.15, 0.2) is 18.2 Å². The van der Waals surface area contributed by atoms with Crippen molar-refractivity contribution in [2.45, 2.75) is 19.8 Å². The number of ketones is 1.